The van der Waals surface area contributed by atoms with E-state index in [1.807, 2.05) is 0 Å². The van der Waals surface area contributed by atoms with E-state index >= 15 is 0 Å². The maximum absolute atomic E-state index is 13.4. The molecule has 2 rings (SSSR count). The van der Waals surface area contributed by atoms with Gasteiger partial charge in [-0.2, -0.15) is 0 Å². The number of hydrogen-bond acceptors (Lipinski definition) is 4. The van der Waals surface area contributed by atoms with Crippen LogP contribution >= 0.6 is 0 Å². The van der Waals surface area contributed by atoms with E-state index in [0.29, 0.717) is 5.69 Å². The van der Waals surface area contributed by atoms with Crippen LogP contribution in [0.2, 0.25) is 0 Å². The highest BCUT2D eigenvalue weighted by Crippen LogP contribution is 2.20. The number of anilines is 2. The molecule has 1 amide bonds. The van der Waals surface area contributed by atoms with Gasteiger partial charge in [0.05, 0.1) is 17.4 Å². The molecule has 2 N–H and O–H groups in total. The molecule has 0 spiro atoms. The molecule has 0 atom stereocenters. The molecule has 1 aromatic heterocycles. The molecule has 0 radical (unpaired) electrons. The van der Waals surface area contributed by atoms with Gasteiger partial charge in [0.25, 0.3) is 5.91 Å². The lowest BCUT2D eigenvalue weighted by atomic mass is 10.1. The van der Waals surface area contributed by atoms with E-state index in [9.17, 15) is 9.18 Å². The third-order valence-corrected chi connectivity index (χ3v) is 2.20. The Labute approximate surface area is 96.6 Å². The number of carbonyl (C=O) groups is 1. The average molecular weight is 235 g/mol. The third kappa shape index (κ3) is 2.25. The highest BCUT2D eigenvalue weighted by molar-refractivity contribution is 6.07. The molecule has 0 bridgehead atoms. The van der Waals surface area contributed by atoms with E-state index in [4.69, 9.17) is 0 Å². The predicted octanol–water partition coefficient (Wildman–Crippen LogP) is 2.11. The van der Waals surface area contributed by atoms with Crippen LogP contribution in [-0.4, -0.2) is 18.1 Å². The summed E-state index contributed by atoms with van der Waals surface area (Å²) < 4.78 is 18.0. The fourth-order valence-corrected chi connectivity index (χ4v) is 1.43. The smallest absolute Gasteiger partial charge is 0.257 e. The van der Waals surface area contributed by atoms with Gasteiger partial charge in [0.2, 0.25) is 0 Å². The Morgan fingerprint density at radius 2 is 2.29 bits per heavy atom. The molecule has 0 aliphatic carbocycles. The van der Waals surface area contributed by atoms with Crippen molar-refractivity contribution in [1.29, 1.82) is 0 Å². The molecule has 2 aromatic rings. The fraction of sp³-hybridized carbons (Fsp3) is 0.0909. The molecule has 0 unspecified atom stereocenters. The van der Waals surface area contributed by atoms with Crippen molar-refractivity contribution in [3.05, 3.63) is 42.0 Å². The molecule has 88 valence electrons. The Kier molecular flexibility index (Phi) is 3.04. The second kappa shape index (κ2) is 4.65. The molecule has 0 fully saturated rings. The standard InChI is InChI=1S/C11H10FN3O2/c1-13-10-8(3-2-4-9(10)12)11(16)15-7-5-14-17-6-7/h2-6,13H,1H3,(H,15,16). The van der Waals surface area contributed by atoms with Crippen LogP contribution < -0.4 is 10.6 Å². The molecule has 6 heteroatoms. The number of nitrogens with zero attached hydrogens (tertiary/aromatic N) is 1. The van der Waals surface area contributed by atoms with Gasteiger partial charge in [0.15, 0.2) is 0 Å². The Balaban J connectivity index is 2.28. The zero-order valence-corrected chi connectivity index (χ0v) is 9.03. The second-order valence-electron chi connectivity index (χ2n) is 3.28. The molecule has 0 aliphatic heterocycles. The number of halogens is 1. The summed E-state index contributed by atoms with van der Waals surface area (Å²) in [5.41, 5.74) is 0.788. The minimum Gasteiger partial charge on any atom is -0.385 e. The van der Waals surface area contributed by atoms with E-state index in [1.165, 1.54) is 30.7 Å². The number of nitrogens with one attached hydrogen (secondary N) is 2. The number of aromatic nitrogens is 1. The molecule has 17 heavy (non-hydrogen) atoms. The lowest BCUT2D eigenvalue weighted by molar-refractivity contribution is 0.102. The maximum Gasteiger partial charge on any atom is 0.257 e. The first-order valence-corrected chi connectivity index (χ1v) is 4.89. The summed E-state index contributed by atoms with van der Waals surface area (Å²) in [6.45, 7) is 0. The van der Waals surface area contributed by atoms with Crippen LogP contribution in [-0.2, 0) is 0 Å². The van der Waals surface area contributed by atoms with Crippen LogP contribution in [0.15, 0.2) is 35.2 Å². The topological polar surface area (TPSA) is 67.2 Å². The normalized spacial score (nSPS) is 10.0. The van der Waals surface area contributed by atoms with Crippen molar-refractivity contribution in [1.82, 2.24) is 5.16 Å². The number of carbonyl (C=O) groups excluding carboxylic acids is 1. The lowest BCUT2D eigenvalue weighted by Crippen LogP contribution is -2.14. The molecule has 5 nitrogen and oxygen atoms in total. The van der Waals surface area contributed by atoms with Crippen molar-refractivity contribution in [3.63, 3.8) is 0 Å². The van der Waals surface area contributed by atoms with Crippen LogP contribution in [0.5, 0.6) is 0 Å². The van der Waals surface area contributed by atoms with Crippen molar-refractivity contribution in [2.45, 2.75) is 0 Å². The molecule has 0 saturated carbocycles. The SMILES string of the molecule is CNc1c(F)cccc1C(=O)Nc1cnoc1. The van der Waals surface area contributed by atoms with Gasteiger partial charge in [-0.1, -0.05) is 11.2 Å². The number of rotatable bonds is 3. The quantitative estimate of drug-likeness (QED) is 0.855. The van der Waals surface area contributed by atoms with Crippen molar-refractivity contribution in [2.75, 3.05) is 17.7 Å². The van der Waals surface area contributed by atoms with Crippen LogP contribution in [0, 0.1) is 5.82 Å². The van der Waals surface area contributed by atoms with Crippen molar-refractivity contribution >= 4 is 17.3 Å². The molecular weight excluding hydrogens is 225 g/mol. The summed E-state index contributed by atoms with van der Waals surface area (Å²) in [6, 6.07) is 4.28. The number of amides is 1. The second-order valence-corrected chi connectivity index (χ2v) is 3.28. The van der Waals surface area contributed by atoms with Crippen LogP contribution in [0.3, 0.4) is 0 Å². The highest BCUT2D eigenvalue weighted by atomic mass is 19.1. The Bertz CT molecular complexity index is 526. The lowest BCUT2D eigenvalue weighted by Gasteiger charge is -2.09. The number of hydrogen-bond donors (Lipinski definition) is 2. The van der Waals surface area contributed by atoms with Crippen molar-refractivity contribution in [2.24, 2.45) is 0 Å². The highest BCUT2D eigenvalue weighted by Gasteiger charge is 2.14. The average Bonchev–Trinajstić information content (AvgIpc) is 2.81. The zero-order valence-electron chi connectivity index (χ0n) is 9.03. The van der Waals surface area contributed by atoms with E-state index in [1.54, 1.807) is 7.05 Å². The minimum absolute atomic E-state index is 0.154. The van der Waals surface area contributed by atoms with E-state index in [0.717, 1.165) is 0 Å². The van der Waals surface area contributed by atoms with Gasteiger partial charge in [-0.15, -0.1) is 0 Å². The van der Waals surface area contributed by atoms with Gasteiger partial charge in [-0.3, -0.25) is 4.79 Å². The molecule has 1 heterocycles. The summed E-state index contributed by atoms with van der Waals surface area (Å²) in [7, 11) is 1.55. The molecule has 0 aliphatic rings. The first-order valence-electron chi connectivity index (χ1n) is 4.89. The van der Waals surface area contributed by atoms with Crippen molar-refractivity contribution < 1.29 is 13.7 Å². The Morgan fingerprint density at radius 1 is 1.47 bits per heavy atom. The van der Waals surface area contributed by atoms with Crippen LogP contribution in [0.25, 0.3) is 0 Å². The summed E-state index contributed by atoms with van der Waals surface area (Å²) in [6.07, 6.45) is 2.65. The van der Waals surface area contributed by atoms with Gasteiger partial charge < -0.3 is 15.2 Å². The summed E-state index contributed by atoms with van der Waals surface area (Å²) >= 11 is 0. The van der Waals surface area contributed by atoms with E-state index in [2.05, 4.69) is 20.3 Å². The fourth-order valence-electron chi connectivity index (χ4n) is 1.43. The van der Waals surface area contributed by atoms with E-state index in [-0.39, 0.29) is 11.3 Å². The van der Waals surface area contributed by atoms with Gasteiger partial charge in [-0.25, -0.2) is 4.39 Å². The maximum atomic E-state index is 13.4. The molecular formula is C11H10FN3O2. The third-order valence-electron chi connectivity index (χ3n) is 2.20. The minimum atomic E-state index is -0.481. The molecule has 1 aromatic carbocycles. The van der Waals surface area contributed by atoms with Gasteiger partial charge >= 0.3 is 0 Å². The van der Waals surface area contributed by atoms with Gasteiger partial charge in [0.1, 0.15) is 17.8 Å². The predicted molar refractivity (Wildman–Crippen MR) is 60.4 cm³/mol. The van der Waals surface area contributed by atoms with Gasteiger partial charge in [0, 0.05) is 7.05 Å². The summed E-state index contributed by atoms with van der Waals surface area (Å²) in [5, 5.41) is 8.64. The first-order chi connectivity index (χ1) is 8.22. The van der Waals surface area contributed by atoms with Crippen LogP contribution in [0.1, 0.15) is 10.4 Å². The number of benzene rings is 1. The Hall–Kier alpha value is -2.37. The molecule has 0 saturated heterocycles. The van der Waals surface area contributed by atoms with E-state index < -0.39 is 11.7 Å². The zero-order chi connectivity index (χ0) is 12.3. The monoisotopic (exact) mass is 235 g/mol. The Morgan fingerprint density at radius 3 is 2.94 bits per heavy atom. The summed E-state index contributed by atoms with van der Waals surface area (Å²) in [4.78, 5) is 11.9. The van der Waals surface area contributed by atoms with Crippen LogP contribution in [0.4, 0.5) is 15.8 Å². The van der Waals surface area contributed by atoms with Crippen molar-refractivity contribution in [3.8, 4) is 0 Å². The number of para-hydroxylation sites is 1. The van der Waals surface area contributed by atoms with Gasteiger partial charge in [-0.05, 0) is 12.1 Å². The summed E-state index contributed by atoms with van der Waals surface area (Å²) in [5.74, 6) is -0.914. The first kappa shape index (κ1) is 11.1. The largest absolute Gasteiger partial charge is 0.385 e.